The molecule has 0 radical (unpaired) electrons. The first kappa shape index (κ1) is 18.6. The van der Waals surface area contributed by atoms with Gasteiger partial charge in [-0.15, -0.1) is 0 Å². The van der Waals surface area contributed by atoms with Crippen molar-refractivity contribution in [2.24, 2.45) is 22.7 Å². The quantitative estimate of drug-likeness (QED) is 0.349. The first-order chi connectivity index (χ1) is 11.7. The van der Waals surface area contributed by atoms with E-state index in [1.807, 2.05) is 0 Å². The van der Waals surface area contributed by atoms with Gasteiger partial charge in [-0.1, -0.05) is 27.4 Å². The smallest absolute Gasteiger partial charge is 0.333 e. The van der Waals surface area contributed by atoms with Crippen molar-refractivity contribution in [3.63, 3.8) is 0 Å². The Hall–Kier alpha value is -1.17. The summed E-state index contributed by atoms with van der Waals surface area (Å²) in [5.41, 5.74) is 1.70. The number of aliphatic hydroxyl groups is 1. The van der Waals surface area contributed by atoms with Crippen LogP contribution in [0.3, 0.4) is 0 Å². The van der Waals surface area contributed by atoms with Crippen molar-refractivity contribution in [1.29, 1.82) is 0 Å². The van der Waals surface area contributed by atoms with E-state index in [-0.39, 0.29) is 16.9 Å². The summed E-state index contributed by atoms with van der Waals surface area (Å²) in [5, 5.41) is 19.1. The first-order valence-electron chi connectivity index (χ1n) is 9.31. The monoisotopic (exact) mass is 350 g/mol. The molecule has 1 aliphatic heterocycles. The van der Waals surface area contributed by atoms with Crippen molar-refractivity contribution < 1.29 is 24.8 Å². The van der Waals surface area contributed by atoms with Gasteiger partial charge in [-0.05, 0) is 66.8 Å². The third kappa shape index (κ3) is 2.96. The Labute approximate surface area is 149 Å². The summed E-state index contributed by atoms with van der Waals surface area (Å²) < 4.78 is 4.81. The molecule has 0 aromatic heterocycles. The molecule has 3 rings (SSSR count). The Kier molecular flexibility index (Phi) is 4.86. The molecule has 2 fully saturated rings. The highest BCUT2D eigenvalue weighted by molar-refractivity contribution is 5.85. The Morgan fingerprint density at radius 1 is 1.36 bits per heavy atom. The molecule has 1 heterocycles. The standard InChI is InChI=1S/C20H30O5/c1-12-7-9-20(4)13(2)15(25-23)5-6-16(20)19(12,3)10-8-14-11-17(21)24-18(14)22/h11-12,15-16,18,22-23H,2,5-10H2,1,3-4H3/t12-,15+,16-,18-,19+,20+/m1/s1. The fourth-order valence-corrected chi connectivity index (χ4v) is 5.57. The minimum atomic E-state index is -1.09. The highest BCUT2D eigenvalue weighted by Crippen LogP contribution is 2.63. The second kappa shape index (κ2) is 6.53. The summed E-state index contributed by atoms with van der Waals surface area (Å²) in [4.78, 5) is 16.0. The molecule has 5 nitrogen and oxygen atoms in total. The van der Waals surface area contributed by atoms with Crippen LogP contribution in [-0.2, 0) is 14.4 Å². The second-order valence-electron chi connectivity index (χ2n) is 8.62. The second-order valence-corrected chi connectivity index (χ2v) is 8.62. The molecule has 2 aliphatic carbocycles. The van der Waals surface area contributed by atoms with E-state index in [9.17, 15) is 15.2 Å². The van der Waals surface area contributed by atoms with Gasteiger partial charge in [-0.3, -0.25) is 5.26 Å². The molecule has 140 valence electrons. The number of hydrogen-bond acceptors (Lipinski definition) is 5. The number of carbonyl (C=O) groups excluding carboxylic acids is 1. The molecule has 0 saturated heterocycles. The molecule has 2 N–H and O–H groups in total. The van der Waals surface area contributed by atoms with Crippen LogP contribution in [0, 0.1) is 22.7 Å². The summed E-state index contributed by atoms with van der Waals surface area (Å²) >= 11 is 0. The zero-order valence-electron chi connectivity index (χ0n) is 15.5. The van der Waals surface area contributed by atoms with Crippen LogP contribution < -0.4 is 0 Å². The summed E-state index contributed by atoms with van der Waals surface area (Å²) in [6, 6.07) is 0. The van der Waals surface area contributed by atoms with Gasteiger partial charge in [0.05, 0.1) is 0 Å². The largest absolute Gasteiger partial charge is 0.429 e. The predicted octanol–water partition coefficient (Wildman–Crippen LogP) is 3.84. The third-order valence-corrected chi connectivity index (χ3v) is 7.56. The maximum absolute atomic E-state index is 11.3. The fourth-order valence-electron chi connectivity index (χ4n) is 5.57. The third-order valence-electron chi connectivity index (χ3n) is 7.56. The number of esters is 1. The molecule has 25 heavy (non-hydrogen) atoms. The lowest BCUT2D eigenvalue weighted by Crippen LogP contribution is -2.53. The Morgan fingerprint density at radius 3 is 2.68 bits per heavy atom. The van der Waals surface area contributed by atoms with Crippen LogP contribution in [0.4, 0.5) is 0 Å². The minimum Gasteiger partial charge on any atom is -0.429 e. The normalized spacial score (nSPS) is 44.3. The maximum Gasteiger partial charge on any atom is 0.333 e. The maximum atomic E-state index is 11.3. The minimum absolute atomic E-state index is 0.0537. The lowest BCUT2D eigenvalue weighted by atomic mass is 9.46. The van der Waals surface area contributed by atoms with E-state index < -0.39 is 12.3 Å². The van der Waals surface area contributed by atoms with Crippen LogP contribution >= 0.6 is 0 Å². The van der Waals surface area contributed by atoms with E-state index in [2.05, 4.69) is 32.2 Å². The van der Waals surface area contributed by atoms with Gasteiger partial charge in [0.15, 0.2) is 0 Å². The van der Waals surface area contributed by atoms with Crippen molar-refractivity contribution in [2.75, 3.05) is 0 Å². The summed E-state index contributed by atoms with van der Waals surface area (Å²) in [7, 11) is 0. The van der Waals surface area contributed by atoms with Crippen LogP contribution in [0.15, 0.2) is 23.8 Å². The molecule has 0 bridgehead atoms. The molecule has 5 heteroatoms. The average Bonchev–Trinajstić information content (AvgIpc) is 2.89. The molecular formula is C20H30O5. The van der Waals surface area contributed by atoms with Gasteiger partial charge < -0.3 is 9.84 Å². The Bertz CT molecular complexity index is 597. The van der Waals surface area contributed by atoms with Crippen LogP contribution in [0.5, 0.6) is 0 Å². The van der Waals surface area contributed by atoms with Crippen LogP contribution in [0.2, 0.25) is 0 Å². The van der Waals surface area contributed by atoms with E-state index in [0.29, 0.717) is 23.8 Å². The number of aliphatic hydroxyl groups excluding tert-OH is 1. The highest BCUT2D eigenvalue weighted by atomic mass is 17.1. The van der Waals surface area contributed by atoms with E-state index in [1.165, 1.54) is 6.08 Å². The van der Waals surface area contributed by atoms with Crippen molar-refractivity contribution in [3.8, 4) is 0 Å². The van der Waals surface area contributed by atoms with Crippen molar-refractivity contribution in [2.45, 2.75) is 71.7 Å². The SMILES string of the molecule is C=C1[C@@H](OO)CC[C@@H]2[C@@](C)(CCC3=CC(=O)O[C@H]3O)[C@H](C)CC[C@@]12C. The summed E-state index contributed by atoms with van der Waals surface area (Å²) in [5.74, 6) is 0.530. The molecular weight excluding hydrogens is 320 g/mol. The van der Waals surface area contributed by atoms with Gasteiger partial charge in [0.2, 0.25) is 6.29 Å². The lowest BCUT2D eigenvalue weighted by Gasteiger charge is -2.59. The van der Waals surface area contributed by atoms with Crippen molar-refractivity contribution >= 4 is 5.97 Å². The molecule has 2 saturated carbocycles. The van der Waals surface area contributed by atoms with Crippen molar-refractivity contribution in [1.82, 2.24) is 0 Å². The van der Waals surface area contributed by atoms with E-state index in [4.69, 9.17) is 4.74 Å². The van der Waals surface area contributed by atoms with Crippen LogP contribution in [0.1, 0.15) is 59.3 Å². The molecule has 0 aromatic carbocycles. The Balaban J connectivity index is 1.82. The topological polar surface area (TPSA) is 76.0 Å². The predicted molar refractivity (Wildman–Crippen MR) is 93.4 cm³/mol. The summed E-state index contributed by atoms with van der Waals surface area (Å²) in [6.45, 7) is 11.2. The number of ether oxygens (including phenoxy) is 1. The Morgan fingerprint density at radius 2 is 2.08 bits per heavy atom. The lowest BCUT2D eigenvalue weighted by molar-refractivity contribution is -0.280. The molecule has 6 atom stereocenters. The number of fused-ring (bicyclic) bond motifs is 1. The molecule has 0 amide bonds. The van der Waals surface area contributed by atoms with Gasteiger partial charge in [0, 0.05) is 11.6 Å². The van der Waals surface area contributed by atoms with Gasteiger partial charge in [0.1, 0.15) is 6.10 Å². The fraction of sp³-hybridized carbons (Fsp3) is 0.750. The summed E-state index contributed by atoms with van der Waals surface area (Å²) in [6.07, 6.45) is 5.54. The molecule has 0 unspecified atom stereocenters. The van der Waals surface area contributed by atoms with Gasteiger partial charge in [0.25, 0.3) is 0 Å². The van der Waals surface area contributed by atoms with E-state index in [0.717, 1.165) is 37.7 Å². The van der Waals surface area contributed by atoms with Crippen LogP contribution in [0.25, 0.3) is 0 Å². The van der Waals surface area contributed by atoms with E-state index >= 15 is 0 Å². The number of rotatable bonds is 4. The zero-order valence-corrected chi connectivity index (χ0v) is 15.5. The highest BCUT2D eigenvalue weighted by Gasteiger charge is 2.55. The number of carbonyl (C=O) groups is 1. The van der Waals surface area contributed by atoms with Gasteiger partial charge in [-0.2, -0.15) is 0 Å². The first-order valence-corrected chi connectivity index (χ1v) is 9.31. The van der Waals surface area contributed by atoms with Crippen molar-refractivity contribution in [3.05, 3.63) is 23.8 Å². The van der Waals surface area contributed by atoms with Crippen LogP contribution in [-0.4, -0.2) is 28.7 Å². The molecule has 0 aromatic rings. The number of hydrogen-bond donors (Lipinski definition) is 2. The zero-order chi connectivity index (χ0) is 18.4. The molecule has 3 aliphatic rings. The van der Waals surface area contributed by atoms with Gasteiger partial charge >= 0.3 is 5.97 Å². The molecule has 0 spiro atoms. The average molecular weight is 350 g/mol. The van der Waals surface area contributed by atoms with Gasteiger partial charge in [-0.25, -0.2) is 9.68 Å². The van der Waals surface area contributed by atoms with E-state index in [1.54, 1.807) is 0 Å². The number of cyclic esters (lactones) is 1.